The quantitative estimate of drug-likeness (QED) is 0.472. The molecule has 7 heteroatoms. The average Bonchev–Trinajstić information content (AvgIpc) is 2.78. The molecular formula is C25H30F3NO3. The number of halogens is 3. The molecule has 0 unspecified atom stereocenters. The van der Waals surface area contributed by atoms with Gasteiger partial charge in [0.05, 0.1) is 17.7 Å². The van der Waals surface area contributed by atoms with E-state index in [1.807, 2.05) is 12.1 Å². The van der Waals surface area contributed by atoms with Crippen LogP contribution in [-0.4, -0.2) is 42.2 Å². The fourth-order valence-electron chi connectivity index (χ4n) is 4.32. The second-order valence-electron chi connectivity index (χ2n) is 8.42. The highest BCUT2D eigenvalue weighted by molar-refractivity contribution is 5.87. The van der Waals surface area contributed by atoms with Crippen molar-refractivity contribution in [1.82, 2.24) is 4.90 Å². The standard InChI is InChI=1S/C25H30F3NO3/c1-2-3-4-14-29-15-13-23(18-5-7-19(8-6-18)24(30)31)20(16-29)17-32-22-11-9-21(10-12-22)25(26,27)28/h5-12,20,23H,2-4,13-17H2,1H3,(H,30,31)/t20-,23-/m0/s1. The highest BCUT2D eigenvalue weighted by Crippen LogP contribution is 2.35. The van der Waals surface area contributed by atoms with Gasteiger partial charge in [0.1, 0.15) is 5.75 Å². The van der Waals surface area contributed by atoms with E-state index in [4.69, 9.17) is 9.84 Å². The van der Waals surface area contributed by atoms with Gasteiger partial charge in [0.2, 0.25) is 0 Å². The van der Waals surface area contributed by atoms with Crippen molar-refractivity contribution >= 4 is 5.97 Å². The summed E-state index contributed by atoms with van der Waals surface area (Å²) in [5.74, 6) is -0.177. The number of nitrogens with zero attached hydrogens (tertiary/aromatic N) is 1. The molecule has 0 radical (unpaired) electrons. The van der Waals surface area contributed by atoms with E-state index >= 15 is 0 Å². The zero-order chi connectivity index (χ0) is 23.1. The van der Waals surface area contributed by atoms with Crippen molar-refractivity contribution in [1.29, 1.82) is 0 Å². The molecule has 1 saturated heterocycles. The predicted octanol–water partition coefficient (Wildman–Crippen LogP) is 6.08. The van der Waals surface area contributed by atoms with Crippen molar-refractivity contribution < 1.29 is 27.8 Å². The number of hydrogen-bond donors (Lipinski definition) is 1. The molecule has 0 spiro atoms. The number of carbonyl (C=O) groups is 1. The number of carboxylic acids is 1. The summed E-state index contributed by atoms with van der Waals surface area (Å²) in [5, 5.41) is 9.16. The van der Waals surface area contributed by atoms with Crippen molar-refractivity contribution in [2.24, 2.45) is 5.92 Å². The van der Waals surface area contributed by atoms with E-state index in [0.29, 0.717) is 12.4 Å². The van der Waals surface area contributed by atoms with Crippen LogP contribution in [0.1, 0.15) is 60.0 Å². The first kappa shape index (κ1) is 24.1. The molecule has 1 fully saturated rings. The Morgan fingerprint density at radius 2 is 1.78 bits per heavy atom. The molecule has 3 rings (SSSR count). The van der Waals surface area contributed by atoms with Crippen LogP contribution >= 0.6 is 0 Å². The SMILES string of the molecule is CCCCCN1CC[C@@H](c2ccc(C(=O)O)cc2)[C@H](COc2ccc(C(F)(F)F)cc2)C1. The maximum absolute atomic E-state index is 12.8. The smallest absolute Gasteiger partial charge is 0.416 e. The number of carboxylic acid groups (broad SMARTS) is 1. The highest BCUT2D eigenvalue weighted by Gasteiger charge is 2.32. The highest BCUT2D eigenvalue weighted by atomic mass is 19.4. The predicted molar refractivity (Wildman–Crippen MR) is 117 cm³/mol. The Morgan fingerprint density at radius 1 is 1.09 bits per heavy atom. The van der Waals surface area contributed by atoms with Crippen molar-refractivity contribution in [2.45, 2.75) is 44.7 Å². The van der Waals surface area contributed by atoms with Gasteiger partial charge in [-0.15, -0.1) is 0 Å². The van der Waals surface area contributed by atoms with Gasteiger partial charge >= 0.3 is 12.1 Å². The number of likely N-dealkylation sites (tertiary alicyclic amines) is 1. The summed E-state index contributed by atoms with van der Waals surface area (Å²) in [6.45, 7) is 5.39. The van der Waals surface area contributed by atoms with Gasteiger partial charge in [-0.2, -0.15) is 13.2 Å². The lowest BCUT2D eigenvalue weighted by molar-refractivity contribution is -0.137. The minimum absolute atomic E-state index is 0.156. The van der Waals surface area contributed by atoms with Gasteiger partial charge in [0, 0.05) is 12.5 Å². The van der Waals surface area contributed by atoms with Gasteiger partial charge in [-0.25, -0.2) is 4.79 Å². The molecule has 1 heterocycles. The molecule has 1 aliphatic rings. The van der Waals surface area contributed by atoms with Crippen LogP contribution in [0.25, 0.3) is 0 Å². The van der Waals surface area contributed by atoms with Gasteiger partial charge < -0.3 is 14.7 Å². The summed E-state index contributed by atoms with van der Waals surface area (Å²) in [6.07, 6.45) is 0.0464. The van der Waals surface area contributed by atoms with E-state index in [1.165, 1.54) is 18.6 Å². The maximum Gasteiger partial charge on any atom is 0.416 e. The largest absolute Gasteiger partial charge is 0.493 e. The van der Waals surface area contributed by atoms with Gasteiger partial charge in [-0.05, 0) is 73.8 Å². The lowest BCUT2D eigenvalue weighted by Crippen LogP contribution is -2.42. The van der Waals surface area contributed by atoms with E-state index in [-0.39, 0.29) is 17.4 Å². The fraction of sp³-hybridized carbons (Fsp3) is 0.480. The number of piperidine rings is 1. The van der Waals surface area contributed by atoms with Crippen LogP contribution in [0.2, 0.25) is 0 Å². The zero-order valence-corrected chi connectivity index (χ0v) is 18.3. The Labute approximate surface area is 187 Å². The lowest BCUT2D eigenvalue weighted by atomic mass is 9.80. The van der Waals surface area contributed by atoms with Crippen LogP contribution in [0.4, 0.5) is 13.2 Å². The van der Waals surface area contributed by atoms with Gasteiger partial charge in [-0.1, -0.05) is 31.9 Å². The van der Waals surface area contributed by atoms with Crippen LogP contribution in [0.3, 0.4) is 0 Å². The van der Waals surface area contributed by atoms with Crippen LogP contribution in [-0.2, 0) is 6.18 Å². The third-order valence-corrected chi connectivity index (χ3v) is 6.13. The number of unbranched alkanes of at least 4 members (excludes halogenated alkanes) is 2. The van der Waals surface area contributed by atoms with Gasteiger partial charge in [0.25, 0.3) is 0 Å². The fourth-order valence-corrected chi connectivity index (χ4v) is 4.32. The molecule has 2 atom stereocenters. The third kappa shape index (κ3) is 6.48. The second kappa shape index (κ2) is 10.9. The summed E-state index contributed by atoms with van der Waals surface area (Å²) >= 11 is 0. The van der Waals surface area contributed by atoms with Crippen LogP contribution in [0.15, 0.2) is 48.5 Å². The average molecular weight is 450 g/mol. The zero-order valence-electron chi connectivity index (χ0n) is 18.3. The topological polar surface area (TPSA) is 49.8 Å². The second-order valence-corrected chi connectivity index (χ2v) is 8.42. The molecular weight excluding hydrogens is 419 g/mol. The van der Waals surface area contributed by atoms with Crippen LogP contribution < -0.4 is 4.74 Å². The Hall–Kier alpha value is -2.54. The summed E-state index contributed by atoms with van der Waals surface area (Å²) in [6, 6.07) is 11.8. The number of aromatic carboxylic acids is 1. The molecule has 32 heavy (non-hydrogen) atoms. The molecule has 174 valence electrons. The summed E-state index contributed by atoms with van der Waals surface area (Å²) in [5.41, 5.74) is 0.633. The molecule has 0 amide bonds. The van der Waals surface area contributed by atoms with Crippen molar-refractivity contribution in [3.63, 3.8) is 0 Å². The van der Waals surface area contributed by atoms with E-state index in [0.717, 1.165) is 56.6 Å². The Bertz CT molecular complexity index is 865. The van der Waals surface area contributed by atoms with Crippen molar-refractivity contribution in [3.05, 3.63) is 65.2 Å². The molecule has 0 saturated carbocycles. The number of benzene rings is 2. The van der Waals surface area contributed by atoms with Gasteiger partial charge in [0.15, 0.2) is 0 Å². The minimum atomic E-state index is -4.37. The normalized spacial score (nSPS) is 19.6. The number of hydrogen-bond acceptors (Lipinski definition) is 3. The number of alkyl halides is 3. The Morgan fingerprint density at radius 3 is 2.38 bits per heavy atom. The van der Waals surface area contributed by atoms with E-state index in [9.17, 15) is 18.0 Å². The van der Waals surface area contributed by atoms with Gasteiger partial charge in [-0.3, -0.25) is 0 Å². The van der Waals surface area contributed by atoms with Crippen molar-refractivity contribution in [2.75, 3.05) is 26.2 Å². The summed E-state index contributed by atoms with van der Waals surface area (Å²) in [4.78, 5) is 13.6. The van der Waals surface area contributed by atoms with Crippen LogP contribution in [0.5, 0.6) is 5.75 Å². The van der Waals surface area contributed by atoms with Crippen LogP contribution in [0, 0.1) is 5.92 Å². The molecule has 0 aliphatic carbocycles. The third-order valence-electron chi connectivity index (χ3n) is 6.13. The Kier molecular flexibility index (Phi) is 8.18. The van der Waals surface area contributed by atoms with E-state index < -0.39 is 17.7 Å². The number of ether oxygens (including phenoxy) is 1. The molecule has 4 nitrogen and oxygen atoms in total. The molecule has 0 bridgehead atoms. The monoisotopic (exact) mass is 449 g/mol. The van der Waals surface area contributed by atoms with Crippen molar-refractivity contribution in [3.8, 4) is 5.75 Å². The Balaban J connectivity index is 1.70. The summed E-state index contributed by atoms with van der Waals surface area (Å²) in [7, 11) is 0. The lowest BCUT2D eigenvalue weighted by Gasteiger charge is -2.39. The van der Waals surface area contributed by atoms with E-state index in [2.05, 4.69) is 11.8 Å². The first-order chi connectivity index (χ1) is 15.3. The molecule has 2 aromatic carbocycles. The maximum atomic E-state index is 12.8. The molecule has 1 aliphatic heterocycles. The van der Waals surface area contributed by atoms with E-state index in [1.54, 1.807) is 12.1 Å². The minimum Gasteiger partial charge on any atom is -0.493 e. The molecule has 0 aromatic heterocycles. The summed E-state index contributed by atoms with van der Waals surface area (Å²) < 4.78 is 44.3. The first-order valence-electron chi connectivity index (χ1n) is 11.1. The molecule has 2 aromatic rings. The first-order valence-corrected chi connectivity index (χ1v) is 11.1. The number of rotatable bonds is 9. The molecule has 1 N–H and O–H groups in total.